The van der Waals surface area contributed by atoms with E-state index in [1.807, 2.05) is 0 Å². The summed E-state index contributed by atoms with van der Waals surface area (Å²) < 4.78 is 17.7. The first kappa shape index (κ1) is 10.5. The highest BCUT2D eigenvalue weighted by molar-refractivity contribution is 5.90. The molecule has 0 saturated carbocycles. The third-order valence-electron chi connectivity index (χ3n) is 1.55. The highest BCUT2D eigenvalue weighted by atomic mass is 19.1. The first-order chi connectivity index (χ1) is 6.65. The molecule has 0 radical (unpaired) electrons. The fraction of sp³-hybridized carbons (Fsp3) is 0.222. The summed E-state index contributed by atoms with van der Waals surface area (Å²) in [6, 6.07) is 3.32. The monoisotopic (exact) mass is 199 g/mol. The zero-order valence-corrected chi connectivity index (χ0v) is 7.37. The Kier molecular flexibility index (Phi) is 3.41. The van der Waals surface area contributed by atoms with Gasteiger partial charge in [-0.15, -0.1) is 0 Å². The molecule has 76 valence electrons. The second-order valence-corrected chi connectivity index (χ2v) is 2.58. The van der Waals surface area contributed by atoms with Crippen LogP contribution in [0.15, 0.2) is 18.2 Å². The van der Waals surface area contributed by atoms with E-state index < -0.39 is 11.8 Å². The topological polar surface area (TPSA) is 72.5 Å². The van der Waals surface area contributed by atoms with Crippen LogP contribution in [0, 0.1) is 5.82 Å². The van der Waals surface area contributed by atoms with E-state index >= 15 is 0 Å². The van der Waals surface area contributed by atoms with E-state index in [9.17, 15) is 9.18 Å². The van der Waals surface area contributed by atoms with Crippen LogP contribution in [0.4, 0.5) is 4.39 Å². The fourth-order valence-corrected chi connectivity index (χ4v) is 0.964. The highest BCUT2D eigenvalue weighted by Crippen LogP contribution is 2.19. The lowest BCUT2D eigenvalue weighted by Crippen LogP contribution is -2.12. The van der Waals surface area contributed by atoms with Gasteiger partial charge in [-0.3, -0.25) is 0 Å². The third-order valence-corrected chi connectivity index (χ3v) is 1.55. The van der Waals surface area contributed by atoms with Crippen molar-refractivity contribution >= 4 is 5.97 Å². The zero-order valence-electron chi connectivity index (χ0n) is 7.37. The molecular formula is C9H10FNO3. The maximum atomic E-state index is 12.7. The smallest absolute Gasteiger partial charge is 0.339 e. The molecule has 1 aromatic carbocycles. The molecule has 0 unspecified atom stereocenters. The number of hydrogen-bond acceptors (Lipinski definition) is 3. The fourth-order valence-electron chi connectivity index (χ4n) is 0.964. The first-order valence-corrected chi connectivity index (χ1v) is 4.01. The molecule has 0 aliphatic carbocycles. The van der Waals surface area contributed by atoms with Crippen LogP contribution in [-0.4, -0.2) is 24.2 Å². The summed E-state index contributed by atoms with van der Waals surface area (Å²) in [5.41, 5.74) is 4.99. The van der Waals surface area contributed by atoms with Crippen LogP contribution < -0.4 is 10.5 Å². The summed E-state index contributed by atoms with van der Waals surface area (Å²) >= 11 is 0. The molecule has 0 aliphatic heterocycles. The Hall–Kier alpha value is -1.62. The van der Waals surface area contributed by atoms with Crippen molar-refractivity contribution in [3.8, 4) is 5.75 Å². The molecule has 0 atom stereocenters. The average Bonchev–Trinajstić information content (AvgIpc) is 2.15. The van der Waals surface area contributed by atoms with Crippen LogP contribution >= 0.6 is 0 Å². The quantitative estimate of drug-likeness (QED) is 0.754. The number of benzene rings is 1. The maximum Gasteiger partial charge on any atom is 0.339 e. The van der Waals surface area contributed by atoms with E-state index in [4.69, 9.17) is 15.6 Å². The van der Waals surface area contributed by atoms with E-state index in [1.165, 1.54) is 6.07 Å². The summed E-state index contributed by atoms with van der Waals surface area (Å²) in [6.45, 7) is 0.475. The van der Waals surface area contributed by atoms with Crippen LogP contribution in [0.25, 0.3) is 0 Å². The van der Waals surface area contributed by atoms with Gasteiger partial charge in [0.1, 0.15) is 23.7 Å². The van der Waals surface area contributed by atoms with Gasteiger partial charge < -0.3 is 15.6 Å². The van der Waals surface area contributed by atoms with E-state index in [0.717, 1.165) is 12.1 Å². The summed E-state index contributed by atoms with van der Waals surface area (Å²) in [5.74, 6) is -1.71. The Bertz CT molecular complexity index is 341. The predicted molar refractivity (Wildman–Crippen MR) is 47.9 cm³/mol. The van der Waals surface area contributed by atoms with Crippen molar-refractivity contribution in [2.75, 3.05) is 13.2 Å². The minimum Gasteiger partial charge on any atom is -0.491 e. The SMILES string of the molecule is NCCOc1ccc(F)cc1C(=O)O. The van der Waals surface area contributed by atoms with Crippen LogP contribution in [-0.2, 0) is 0 Å². The van der Waals surface area contributed by atoms with Crippen molar-refractivity contribution in [2.45, 2.75) is 0 Å². The maximum absolute atomic E-state index is 12.7. The minimum absolute atomic E-state index is 0.129. The van der Waals surface area contributed by atoms with Crippen molar-refractivity contribution in [3.05, 3.63) is 29.6 Å². The molecule has 0 saturated heterocycles. The van der Waals surface area contributed by atoms with Crippen molar-refractivity contribution in [1.29, 1.82) is 0 Å². The Morgan fingerprint density at radius 2 is 2.29 bits per heavy atom. The number of nitrogens with two attached hydrogens (primary N) is 1. The Morgan fingerprint density at radius 1 is 1.57 bits per heavy atom. The molecule has 5 heteroatoms. The lowest BCUT2D eigenvalue weighted by Gasteiger charge is -2.07. The number of rotatable bonds is 4. The predicted octanol–water partition coefficient (Wildman–Crippen LogP) is 0.861. The molecule has 0 spiro atoms. The van der Waals surface area contributed by atoms with Crippen molar-refractivity contribution in [3.63, 3.8) is 0 Å². The molecule has 4 nitrogen and oxygen atoms in total. The molecule has 1 aromatic rings. The van der Waals surface area contributed by atoms with Crippen LogP contribution in [0.2, 0.25) is 0 Å². The molecule has 0 aliphatic rings. The summed E-state index contributed by atoms with van der Waals surface area (Å²) in [7, 11) is 0. The molecule has 14 heavy (non-hydrogen) atoms. The van der Waals surface area contributed by atoms with Gasteiger partial charge in [0, 0.05) is 6.54 Å². The average molecular weight is 199 g/mol. The number of hydrogen-bond donors (Lipinski definition) is 2. The van der Waals surface area contributed by atoms with Crippen LogP contribution in [0.5, 0.6) is 5.75 Å². The van der Waals surface area contributed by atoms with E-state index in [-0.39, 0.29) is 24.5 Å². The first-order valence-electron chi connectivity index (χ1n) is 4.01. The van der Waals surface area contributed by atoms with Crippen LogP contribution in [0.3, 0.4) is 0 Å². The van der Waals surface area contributed by atoms with Crippen molar-refractivity contribution < 1.29 is 19.0 Å². The molecule has 0 fully saturated rings. The van der Waals surface area contributed by atoms with Gasteiger partial charge >= 0.3 is 5.97 Å². The number of aromatic carboxylic acids is 1. The second kappa shape index (κ2) is 4.57. The molecular weight excluding hydrogens is 189 g/mol. The normalized spacial score (nSPS) is 9.86. The minimum atomic E-state index is -1.23. The molecule has 3 N–H and O–H groups in total. The largest absolute Gasteiger partial charge is 0.491 e. The summed E-state index contributed by atoms with van der Waals surface area (Å²) in [4.78, 5) is 10.7. The van der Waals surface area contributed by atoms with Gasteiger partial charge in [0.2, 0.25) is 0 Å². The van der Waals surface area contributed by atoms with Crippen molar-refractivity contribution in [1.82, 2.24) is 0 Å². The summed E-state index contributed by atoms with van der Waals surface area (Å²) in [6.07, 6.45) is 0. The Balaban J connectivity index is 2.96. The lowest BCUT2D eigenvalue weighted by molar-refractivity contribution is 0.0691. The lowest BCUT2D eigenvalue weighted by atomic mass is 10.2. The molecule has 0 bridgehead atoms. The van der Waals surface area contributed by atoms with Crippen LogP contribution in [0.1, 0.15) is 10.4 Å². The molecule has 0 aromatic heterocycles. The standard InChI is InChI=1S/C9H10FNO3/c10-6-1-2-8(14-4-3-11)7(5-6)9(12)13/h1-2,5H,3-4,11H2,(H,12,13). The number of ether oxygens (including phenoxy) is 1. The van der Waals surface area contributed by atoms with Gasteiger partial charge in [-0.2, -0.15) is 0 Å². The Labute approximate surface area is 80.1 Å². The number of carbonyl (C=O) groups is 1. The third kappa shape index (κ3) is 2.43. The van der Waals surface area contributed by atoms with Gasteiger partial charge in [0.25, 0.3) is 0 Å². The van der Waals surface area contributed by atoms with Gasteiger partial charge in [-0.1, -0.05) is 0 Å². The van der Waals surface area contributed by atoms with Gasteiger partial charge in [0.05, 0.1) is 0 Å². The molecule has 1 rings (SSSR count). The molecule has 0 heterocycles. The number of halogens is 1. The Morgan fingerprint density at radius 3 is 2.86 bits per heavy atom. The summed E-state index contributed by atoms with van der Waals surface area (Å²) in [5, 5.41) is 8.71. The van der Waals surface area contributed by atoms with Crippen molar-refractivity contribution in [2.24, 2.45) is 5.73 Å². The number of carboxylic acids is 1. The van der Waals surface area contributed by atoms with E-state index in [1.54, 1.807) is 0 Å². The number of carboxylic acid groups (broad SMARTS) is 1. The van der Waals surface area contributed by atoms with Gasteiger partial charge in [-0.25, -0.2) is 9.18 Å². The van der Waals surface area contributed by atoms with E-state index in [2.05, 4.69) is 0 Å². The van der Waals surface area contributed by atoms with Gasteiger partial charge in [-0.05, 0) is 18.2 Å². The van der Waals surface area contributed by atoms with E-state index in [0.29, 0.717) is 0 Å². The van der Waals surface area contributed by atoms with Gasteiger partial charge in [0.15, 0.2) is 0 Å². The zero-order chi connectivity index (χ0) is 10.6. The molecule has 0 amide bonds. The highest BCUT2D eigenvalue weighted by Gasteiger charge is 2.11. The second-order valence-electron chi connectivity index (χ2n) is 2.58.